The van der Waals surface area contributed by atoms with Crippen molar-refractivity contribution in [1.29, 1.82) is 0 Å². The van der Waals surface area contributed by atoms with E-state index in [0.717, 1.165) is 16.5 Å². The van der Waals surface area contributed by atoms with E-state index in [1.807, 2.05) is 32.0 Å². The third kappa shape index (κ3) is 2.44. The number of carbonyl (C=O) groups excluding carboxylic acids is 1. The minimum Gasteiger partial charge on any atom is -0.465 e. The molecule has 2 rings (SSSR count). The first-order valence-corrected chi connectivity index (χ1v) is 6.02. The van der Waals surface area contributed by atoms with Gasteiger partial charge in [-0.2, -0.15) is 0 Å². The molecule has 0 unspecified atom stereocenters. The van der Waals surface area contributed by atoms with Crippen molar-refractivity contribution in [2.45, 2.75) is 19.4 Å². The van der Waals surface area contributed by atoms with Crippen molar-refractivity contribution in [1.82, 2.24) is 4.98 Å². The molecule has 0 aliphatic carbocycles. The fourth-order valence-electron chi connectivity index (χ4n) is 1.93. The van der Waals surface area contributed by atoms with E-state index in [-0.39, 0.29) is 5.97 Å². The van der Waals surface area contributed by atoms with E-state index in [4.69, 9.17) is 9.47 Å². The van der Waals surface area contributed by atoms with Crippen LogP contribution in [0, 0.1) is 0 Å². The molecule has 100 valence electrons. The van der Waals surface area contributed by atoms with E-state index in [1.54, 1.807) is 19.4 Å². The second-order valence-electron chi connectivity index (χ2n) is 4.80. The Bertz CT molecular complexity index is 620. The predicted molar refractivity (Wildman–Crippen MR) is 73.1 cm³/mol. The Kier molecular flexibility index (Phi) is 3.53. The minimum absolute atomic E-state index is 0.355. The minimum atomic E-state index is -0.392. The lowest BCUT2D eigenvalue weighted by molar-refractivity contribution is 0.0193. The zero-order valence-electron chi connectivity index (χ0n) is 11.6. The summed E-state index contributed by atoms with van der Waals surface area (Å²) in [5.74, 6) is -0.355. The number of esters is 1. The second kappa shape index (κ2) is 4.97. The van der Waals surface area contributed by atoms with Crippen molar-refractivity contribution in [2.24, 2.45) is 0 Å². The van der Waals surface area contributed by atoms with Crippen molar-refractivity contribution in [3.63, 3.8) is 0 Å². The Morgan fingerprint density at radius 2 is 1.95 bits per heavy atom. The summed E-state index contributed by atoms with van der Waals surface area (Å²) in [4.78, 5) is 16.0. The molecule has 0 amide bonds. The number of nitrogens with zero attached hydrogens (tertiary/aromatic N) is 1. The molecule has 0 saturated carbocycles. The van der Waals surface area contributed by atoms with Crippen LogP contribution in [0.4, 0.5) is 0 Å². The molecular formula is C15H17NO3. The van der Waals surface area contributed by atoms with Crippen LogP contribution in [0.25, 0.3) is 10.9 Å². The number of hydrogen-bond donors (Lipinski definition) is 0. The zero-order chi connectivity index (χ0) is 14.0. The van der Waals surface area contributed by atoms with Crippen LogP contribution in [0.15, 0.2) is 30.5 Å². The molecule has 4 nitrogen and oxygen atoms in total. The highest BCUT2D eigenvalue weighted by molar-refractivity contribution is 6.03. The summed E-state index contributed by atoms with van der Waals surface area (Å²) in [6.07, 6.45) is 1.61. The van der Waals surface area contributed by atoms with E-state index in [9.17, 15) is 4.79 Å². The molecule has 0 bridgehead atoms. The highest BCUT2D eigenvalue weighted by Crippen LogP contribution is 2.27. The van der Waals surface area contributed by atoms with Gasteiger partial charge in [-0.05, 0) is 31.5 Å². The number of aromatic nitrogens is 1. The Morgan fingerprint density at radius 1 is 1.21 bits per heavy atom. The van der Waals surface area contributed by atoms with Crippen LogP contribution in [0.1, 0.15) is 29.8 Å². The molecule has 19 heavy (non-hydrogen) atoms. The average Bonchev–Trinajstić information content (AvgIpc) is 2.45. The maximum absolute atomic E-state index is 11.7. The first-order valence-electron chi connectivity index (χ1n) is 6.02. The summed E-state index contributed by atoms with van der Waals surface area (Å²) in [6.45, 7) is 3.97. The molecule has 4 heteroatoms. The number of fused-ring (bicyclic) bond motifs is 1. The van der Waals surface area contributed by atoms with Gasteiger partial charge in [0.15, 0.2) is 0 Å². The average molecular weight is 259 g/mol. The monoisotopic (exact) mass is 259 g/mol. The smallest absolute Gasteiger partial charge is 0.338 e. The fourth-order valence-corrected chi connectivity index (χ4v) is 1.93. The Hall–Kier alpha value is -1.94. The Labute approximate surface area is 112 Å². The van der Waals surface area contributed by atoms with Crippen molar-refractivity contribution in [3.8, 4) is 0 Å². The number of carbonyl (C=O) groups is 1. The molecule has 0 aliphatic heterocycles. The van der Waals surface area contributed by atoms with Gasteiger partial charge in [0.05, 0.1) is 23.8 Å². The molecule has 0 atom stereocenters. The van der Waals surface area contributed by atoms with E-state index < -0.39 is 5.60 Å². The van der Waals surface area contributed by atoms with Crippen LogP contribution >= 0.6 is 0 Å². The van der Waals surface area contributed by atoms with Crippen molar-refractivity contribution in [2.75, 3.05) is 14.2 Å². The van der Waals surface area contributed by atoms with Gasteiger partial charge in [-0.15, -0.1) is 0 Å². The van der Waals surface area contributed by atoms with Crippen LogP contribution in [0.3, 0.4) is 0 Å². The normalized spacial score (nSPS) is 11.6. The van der Waals surface area contributed by atoms with Gasteiger partial charge in [-0.1, -0.05) is 12.1 Å². The van der Waals surface area contributed by atoms with E-state index in [2.05, 4.69) is 4.98 Å². The second-order valence-corrected chi connectivity index (χ2v) is 4.80. The van der Waals surface area contributed by atoms with E-state index in [0.29, 0.717) is 5.56 Å². The topological polar surface area (TPSA) is 48.4 Å². The standard InChI is InChI=1S/C15H17NO3/c1-15(2,19-4)10-5-6-11-12(14(17)18-3)7-8-16-13(11)9-10/h5-9H,1-4H3. The largest absolute Gasteiger partial charge is 0.465 e. The first kappa shape index (κ1) is 13.5. The van der Waals surface area contributed by atoms with E-state index >= 15 is 0 Å². The third-order valence-electron chi connectivity index (χ3n) is 3.35. The number of methoxy groups -OCH3 is 2. The molecule has 1 heterocycles. The van der Waals surface area contributed by atoms with E-state index in [1.165, 1.54) is 7.11 Å². The van der Waals surface area contributed by atoms with Gasteiger partial charge in [0, 0.05) is 18.7 Å². The van der Waals surface area contributed by atoms with Crippen molar-refractivity contribution >= 4 is 16.9 Å². The van der Waals surface area contributed by atoms with Gasteiger partial charge in [0.2, 0.25) is 0 Å². The maximum Gasteiger partial charge on any atom is 0.338 e. The third-order valence-corrected chi connectivity index (χ3v) is 3.35. The number of ether oxygens (including phenoxy) is 2. The number of pyridine rings is 1. The molecule has 2 aromatic rings. The maximum atomic E-state index is 11.7. The zero-order valence-corrected chi connectivity index (χ0v) is 11.6. The van der Waals surface area contributed by atoms with Gasteiger partial charge in [0.25, 0.3) is 0 Å². The lowest BCUT2D eigenvalue weighted by Gasteiger charge is -2.23. The molecule has 1 aromatic carbocycles. The first-order chi connectivity index (χ1) is 8.99. The number of rotatable bonds is 3. The summed E-state index contributed by atoms with van der Waals surface area (Å²) in [5, 5.41) is 0.782. The molecule has 0 radical (unpaired) electrons. The summed E-state index contributed by atoms with van der Waals surface area (Å²) in [7, 11) is 3.04. The van der Waals surface area contributed by atoms with Gasteiger partial charge >= 0.3 is 5.97 Å². The summed E-state index contributed by atoms with van der Waals surface area (Å²) < 4.78 is 10.2. The predicted octanol–water partition coefficient (Wildman–Crippen LogP) is 2.90. The number of hydrogen-bond acceptors (Lipinski definition) is 4. The highest BCUT2D eigenvalue weighted by atomic mass is 16.5. The van der Waals surface area contributed by atoms with Crippen molar-refractivity contribution in [3.05, 3.63) is 41.6 Å². The van der Waals surface area contributed by atoms with Crippen LogP contribution in [-0.2, 0) is 15.1 Å². The summed E-state index contributed by atoms with van der Waals surface area (Å²) in [5.41, 5.74) is 1.90. The highest BCUT2D eigenvalue weighted by Gasteiger charge is 2.20. The molecular weight excluding hydrogens is 242 g/mol. The van der Waals surface area contributed by atoms with Gasteiger partial charge in [0.1, 0.15) is 0 Å². The van der Waals surface area contributed by atoms with Crippen LogP contribution in [0.2, 0.25) is 0 Å². The van der Waals surface area contributed by atoms with Gasteiger partial charge in [-0.25, -0.2) is 4.79 Å². The SMILES string of the molecule is COC(=O)c1ccnc2cc(C(C)(C)OC)ccc12. The van der Waals surface area contributed by atoms with Gasteiger partial charge < -0.3 is 9.47 Å². The number of benzene rings is 1. The molecule has 0 spiro atoms. The van der Waals surface area contributed by atoms with Crippen LogP contribution in [-0.4, -0.2) is 25.2 Å². The Morgan fingerprint density at radius 3 is 2.58 bits per heavy atom. The molecule has 0 saturated heterocycles. The van der Waals surface area contributed by atoms with Crippen molar-refractivity contribution < 1.29 is 14.3 Å². The summed E-state index contributed by atoms with van der Waals surface area (Å²) >= 11 is 0. The molecule has 0 fully saturated rings. The van der Waals surface area contributed by atoms with Crippen LogP contribution < -0.4 is 0 Å². The van der Waals surface area contributed by atoms with Gasteiger partial charge in [-0.3, -0.25) is 4.98 Å². The molecule has 1 aromatic heterocycles. The lowest BCUT2D eigenvalue weighted by atomic mass is 9.96. The fraction of sp³-hybridized carbons (Fsp3) is 0.333. The van der Waals surface area contributed by atoms with Crippen LogP contribution in [0.5, 0.6) is 0 Å². The Balaban J connectivity index is 2.61. The molecule has 0 aliphatic rings. The molecule has 0 N–H and O–H groups in total. The quantitative estimate of drug-likeness (QED) is 0.795. The summed E-state index contributed by atoms with van der Waals surface area (Å²) in [6, 6.07) is 7.42. The lowest BCUT2D eigenvalue weighted by Crippen LogP contribution is -2.19.